The highest BCUT2D eigenvalue weighted by atomic mass is 19.4. The van der Waals surface area contributed by atoms with Crippen molar-refractivity contribution in [2.45, 2.75) is 56.5 Å². The maximum Gasteiger partial charge on any atom is 0.416 e. The van der Waals surface area contributed by atoms with Gasteiger partial charge >= 0.3 is 18.4 Å². The molecule has 32 heavy (non-hydrogen) atoms. The van der Waals surface area contributed by atoms with E-state index in [-0.39, 0.29) is 24.1 Å². The van der Waals surface area contributed by atoms with Crippen LogP contribution in [-0.2, 0) is 17.1 Å². The topological polar surface area (TPSA) is 73.5 Å². The third kappa shape index (κ3) is 6.27. The molecule has 1 aromatic carbocycles. The fourth-order valence-electron chi connectivity index (χ4n) is 3.91. The van der Waals surface area contributed by atoms with Gasteiger partial charge in [0.1, 0.15) is 0 Å². The average molecular weight is 466 g/mol. The second-order valence-electron chi connectivity index (χ2n) is 8.00. The number of alkyl halides is 6. The minimum Gasteiger partial charge on any atom is -0.341 e. The fraction of sp³-hybridized carbons (Fsp3) is 0.600. The number of hydrogen-bond acceptors (Lipinski definition) is 3. The number of piperidine rings is 2. The van der Waals surface area contributed by atoms with Crippen LogP contribution in [0.3, 0.4) is 0 Å². The molecule has 2 saturated heterocycles. The van der Waals surface area contributed by atoms with Crippen LogP contribution in [-0.4, -0.2) is 48.6 Å². The molecule has 2 heterocycles. The van der Waals surface area contributed by atoms with E-state index in [0.717, 1.165) is 25.8 Å². The van der Waals surface area contributed by atoms with Crippen LogP contribution in [0.5, 0.6) is 0 Å². The maximum atomic E-state index is 13.0. The lowest BCUT2D eigenvalue weighted by Gasteiger charge is -2.35. The number of carbonyl (C=O) groups excluding carboxylic acids is 2. The molecule has 0 spiro atoms. The zero-order valence-corrected chi connectivity index (χ0v) is 17.1. The Morgan fingerprint density at radius 3 is 2.00 bits per heavy atom. The third-order valence-electron chi connectivity index (χ3n) is 5.60. The van der Waals surface area contributed by atoms with Gasteiger partial charge in [-0.1, -0.05) is 6.42 Å². The predicted molar refractivity (Wildman–Crippen MR) is 104 cm³/mol. The van der Waals surface area contributed by atoms with E-state index >= 15 is 0 Å². The number of hydrogen-bond donors (Lipinski definition) is 3. The summed E-state index contributed by atoms with van der Waals surface area (Å²) in [5.41, 5.74) is -3.63. The number of anilines is 1. The molecule has 0 radical (unpaired) electrons. The second kappa shape index (κ2) is 9.55. The Bertz CT molecular complexity index is 796. The van der Waals surface area contributed by atoms with E-state index < -0.39 is 35.2 Å². The van der Waals surface area contributed by atoms with Crippen molar-refractivity contribution in [3.8, 4) is 0 Å². The highest BCUT2D eigenvalue weighted by molar-refractivity contribution is 5.89. The number of amides is 3. The molecule has 12 heteroatoms. The lowest BCUT2D eigenvalue weighted by molar-refractivity contribution is -0.143. The first-order valence-electron chi connectivity index (χ1n) is 10.3. The molecule has 178 valence electrons. The summed E-state index contributed by atoms with van der Waals surface area (Å²) >= 11 is 0. The number of nitrogens with one attached hydrogen (secondary N) is 3. The SMILES string of the molecule is O=C(Nc1cc(C(F)(F)F)cc(C(F)(F)F)c1)NC1CCN(C(=O)C2CCCCN2)CC1. The summed E-state index contributed by atoms with van der Waals surface area (Å²) in [6, 6.07) is -0.569. The van der Waals surface area contributed by atoms with Gasteiger partial charge in [-0.05, 0) is 50.4 Å². The molecule has 0 saturated carbocycles. The number of nitrogens with zero attached hydrogens (tertiary/aromatic N) is 1. The van der Waals surface area contributed by atoms with Gasteiger partial charge in [0.05, 0.1) is 17.2 Å². The maximum absolute atomic E-state index is 13.0. The molecule has 6 nitrogen and oxygen atoms in total. The van der Waals surface area contributed by atoms with Crippen LogP contribution in [0.2, 0.25) is 0 Å². The Hall–Kier alpha value is -2.50. The van der Waals surface area contributed by atoms with Gasteiger partial charge in [0.25, 0.3) is 0 Å². The minimum atomic E-state index is -5.00. The summed E-state index contributed by atoms with van der Waals surface area (Å²) in [5, 5.41) is 7.80. The van der Waals surface area contributed by atoms with E-state index in [1.54, 1.807) is 4.90 Å². The summed E-state index contributed by atoms with van der Waals surface area (Å²) < 4.78 is 77.7. The average Bonchev–Trinajstić information content (AvgIpc) is 2.73. The summed E-state index contributed by atoms with van der Waals surface area (Å²) in [5.74, 6) is 0.0104. The largest absolute Gasteiger partial charge is 0.416 e. The quantitative estimate of drug-likeness (QED) is 0.591. The Balaban J connectivity index is 1.56. The van der Waals surface area contributed by atoms with Crippen molar-refractivity contribution in [2.24, 2.45) is 0 Å². The van der Waals surface area contributed by atoms with E-state index in [1.807, 2.05) is 0 Å². The van der Waals surface area contributed by atoms with Gasteiger partial charge < -0.3 is 20.9 Å². The minimum absolute atomic E-state index is 0.00299. The van der Waals surface area contributed by atoms with Crippen molar-refractivity contribution in [3.05, 3.63) is 29.3 Å². The molecular formula is C20H24F6N4O2. The summed E-state index contributed by atoms with van der Waals surface area (Å²) in [6.07, 6.45) is -6.35. The third-order valence-corrected chi connectivity index (χ3v) is 5.60. The smallest absolute Gasteiger partial charge is 0.341 e. The lowest BCUT2D eigenvalue weighted by Crippen LogP contribution is -2.53. The molecule has 0 bridgehead atoms. The van der Waals surface area contributed by atoms with Gasteiger partial charge in [-0.2, -0.15) is 26.3 Å². The van der Waals surface area contributed by atoms with Crippen molar-refractivity contribution >= 4 is 17.6 Å². The van der Waals surface area contributed by atoms with Crippen LogP contribution in [0, 0.1) is 0 Å². The van der Waals surface area contributed by atoms with Gasteiger partial charge in [0.15, 0.2) is 0 Å². The van der Waals surface area contributed by atoms with E-state index in [4.69, 9.17) is 0 Å². The first kappa shape index (κ1) is 24.1. The molecule has 3 rings (SSSR count). The normalized spacial score (nSPS) is 20.7. The van der Waals surface area contributed by atoms with Crippen LogP contribution in [0.25, 0.3) is 0 Å². The van der Waals surface area contributed by atoms with Gasteiger partial charge in [-0.15, -0.1) is 0 Å². The Morgan fingerprint density at radius 2 is 1.50 bits per heavy atom. The van der Waals surface area contributed by atoms with Gasteiger partial charge in [-0.3, -0.25) is 4.79 Å². The lowest BCUT2D eigenvalue weighted by atomic mass is 10.0. The van der Waals surface area contributed by atoms with Crippen molar-refractivity contribution in [3.63, 3.8) is 0 Å². The van der Waals surface area contributed by atoms with Crippen molar-refractivity contribution in [2.75, 3.05) is 25.0 Å². The van der Waals surface area contributed by atoms with Crippen LogP contribution < -0.4 is 16.0 Å². The zero-order valence-electron chi connectivity index (χ0n) is 17.1. The zero-order chi connectivity index (χ0) is 23.5. The molecule has 0 aromatic heterocycles. The first-order chi connectivity index (χ1) is 14.9. The Labute approximate surface area is 180 Å². The number of rotatable bonds is 3. The van der Waals surface area contributed by atoms with E-state index in [1.165, 1.54) is 0 Å². The van der Waals surface area contributed by atoms with Crippen molar-refractivity contribution < 1.29 is 35.9 Å². The van der Waals surface area contributed by atoms with Crippen LogP contribution in [0.4, 0.5) is 36.8 Å². The molecule has 1 atom stereocenters. The monoisotopic (exact) mass is 466 g/mol. The van der Waals surface area contributed by atoms with Crippen LogP contribution in [0.15, 0.2) is 18.2 Å². The molecule has 2 aliphatic rings. The summed E-state index contributed by atoms with van der Waals surface area (Å²) in [4.78, 5) is 26.4. The van der Waals surface area contributed by atoms with Crippen LogP contribution >= 0.6 is 0 Å². The molecule has 1 aromatic rings. The van der Waals surface area contributed by atoms with Crippen molar-refractivity contribution in [1.29, 1.82) is 0 Å². The molecule has 0 aliphatic carbocycles. The molecule has 3 N–H and O–H groups in total. The number of urea groups is 1. The highest BCUT2D eigenvalue weighted by Crippen LogP contribution is 2.37. The van der Waals surface area contributed by atoms with E-state index in [9.17, 15) is 35.9 Å². The highest BCUT2D eigenvalue weighted by Gasteiger charge is 2.37. The van der Waals surface area contributed by atoms with Crippen molar-refractivity contribution in [1.82, 2.24) is 15.5 Å². The van der Waals surface area contributed by atoms with E-state index in [0.29, 0.717) is 38.1 Å². The Morgan fingerprint density at radius 1 is 0.906 bits per heavy atom. The standard InChI is InChI=1S/C20H24F6N4O2/c21-19(22,23)12-9-13(20(24,25)26)11-15(10-12)29-18(32)28-14-4-7-30(8-5-14)17(31)16-3-1-2-6-27-16/h9-11,14,16,27H,1-8H2,(H2,28,29,32). The second-order valence-corrected chi connectivity index (χ2v) is 8.00. The predicted octanol–water partition coefficient (Wildman–Crippen LogP) is 3.98. The molecular weight excluding hydrogens is 442 g/mol. The van der Waals surface area contributed by atoms with Gasteiger partial charge in [-0.25, -0.2) is 4.79 Å². The molecule has 2 aliphatic heterocycles. The van der Waals surface area contributed by atoms with Gasteiger partial charge in [0.2, 0.25) is 5.91 Å². The first-order valence-corrected chi connectivity index (χ1v) is 10.3. The summed E-state index contributed by atoms with van der Waals surface area (Å²) in [6.45, 7) is 1.60. The number of halogens is 6. The number of carbonyl (C=O) groups is 2. The summed E-state index contributed by atoms with van der Waals surface area (Å²) in [7, 11) is 0. The van der Waals surface area contributed by atoms with Crippen LogP contribution in [0.1, 0.15) is 43.2 Å². The molecule has 3 amide bonds. The van der Waals surface area contributed by atoms with Gasteiger partial charge in [0, 0.05) is 24.8 Å². The molecule has 2 fully saturated rings. The fourth-order valence-corrected chi connectivity index (χ4v) is 3.91. The number of benzene rings is 1. The Kier molecular flexibility index (Phi) is 7.21. The molecule has 1 unspecified atom stereocenters. The van der Waals surface area contributed by atoms with E-state index in [2.05, 4.69) is 16.0 Å². The number of likely N-dealkylation sites (tertiary alicyclic amines) is 1.